The van der Waals surface area contributed by atoms with E-state index in [-0.39, 0.29) is 5.12 Å². The molecule has 6 heteroatoms. The van der Waals surface area contributed by atoms with Gasteiger partial charge in [-0.1, -0.05) is 18.6 Å². The maximum Gasteiger partial charge on any atom is 0.243 e. The van der Waals surface area contributed by atoms with Crippen LogP contribution >= 0.6 is 11.8 Å². The molecule has 2 aliphatic rings. The van der Waals surface area contributed by atoms with Gasteiger partial charge in [-0.05, 0) is 42.8 Å². The van der Waals surface area contributed by atoms with Crippen LogP contribution in [0.15, 0.2) is 40.1 Å². The molecule has 4 rings (SSSR count). The van der Waals surface area contributed by atoms with Crippen LogP contribution in [0.2, 0.25) is 0 Å². The first-order valence-electron chi connectivity index (χ1n) is 7.37. The Morgan fingerprint density at radius 2 is 1.77 bits per heavy atom. The van der Waals surface area contributed by atoms with Gasteiger partial charge in [-0.2, -0.15) is 4.31 Å². The molecular formula is C16H15NO3S2. The Balaban J connectivity index is 1.94. The van der Waals surface area contributed by atoms with E-state index >= 15 is 0 Å². The molecule has 4 nitrogen and oxygen atoms in total. The zero-order chi connectivity index (χ0) is 15.3. The third-order valence-electron chi connectivity index (χ3n) is 4.32. The predicted molar refractivity (Wildman–Crippen MR) is 86.7 cm³/mol. The maximum atomic E-state index is 13.0. The van der Waals surface area contributed by atoms with Gasteiger partial charge in [-0.25, -0.2) is 8.42 Å². The smallest absolute Gasteiger partial charge is 0.243 e. The Morgan fingerprint density at radius 3 is 2.55 bits per heavy atom. The highest BCUT2D eigenvalue weighted by Crippen LogP contribution is 2.42. The quantitative estimate of drug-likeness (QED) is 0.846. The standard InChI is InChI=1S/C16H15NO3S2/c18-16-12-6-4-5-11-14(8-7-13(21-16)15(11)12)22(19,20)17-9-2-1-3-10-17/h4-8H,1-3,9-10H2. The van der Waals surface area contributed by atoms with E-state index < -0.39 is 10.0 Å². The number of thioether (sulfide) groups is 1. The van der Waals surface area contributed by atoms with Crippen molar-refractivity contribution < 1.29 is 13.2 Å². The maximum absolute atomic E-state index is 13.0. The minimum absolute atomic E-state index is 0.00637. The van der Waals surface area contributed by atoms with Crippen LogP contribution in [0.5, 0.6) is 0 Å². The summed E-state index contributed by atoms with van der Waals surface area (Å²) in [4.78, 5) is 13.2. The van der Waals surface area contributed by atoms with Crippen LogP contribution in [0.4, 0.5) is 0 Å². The van der Waals surface area contributed by atoms with E-state index in [1.165, 1.54) is 11.8 Å². The monoisotopic (exact) mass is 333 g/mol. The summed E-state index contributed by atoms with van der Waals surface area (Å²) in [5, 5.41) is 1.45. The molecule has 0 radical (unpaired) electrons. The average molecular weight is 333 g/mol. The largest absolute Gasteiger partial charge is 0.281 e. The minimum atomic E-state index is -3.50. The van der Waals surface area contributed by atoms with Crippen LogP contribution in [0, 0.1) is 0 Å². The Bertz CT molecular complexity index is 884. The lowest BCUT2D eigenvalue weighted by Crippen LogP contribution is -2.35. The van der Waals surface area contributed by atoms with Gasteiger partial charge in [0, 0.05) is 34.3 Å². The van der Waals surface area contributed by atoms with Gasteiger partial charge >= 0.3 is 0 Å². The summed E-state index contributed by atoms with van der Waals surface area (Å²) in [5.74, 6) is 0. The topological polar surface area (TPSA) is 54.5 Å². The van der Waals surface area contributed by atoms with Crippen molar-refractivity contribution in [3.63, 3.8) is 0 Å². The molecule has 2 aromatic rings. The molecule has 2 aliphatic heterocycles. The van der Waals surface area contributed by atoms with Crippen molar-refractivity contribution in [3.8, 4) is 0 Å². The summed E-state index contributed by atoms with van der Waals surface area (Å²) >= 11 is 1.18. The van der Waals surface area contributed by atoms with Crippen molar-refractivity contribution >= 4 is 37.7 Å². The molecule has 1 saturated heterocycles. The van der Waals surface area contributed by atoms with Crippen LogP contribution in [0.3, 0.4) is 0 Å². The summed E-state index contributed by atoms with van der Waals surface area (Å²) in [6.45, 7) is 1.16. The average Bonchev–Trinajstić information content (AvgIpc) is 2.87. The van der Waals surface area contributed by atoms with E-state index in [1.807, 2.05) is 0 Å². The fourth-order valence-corrected chi connectivity index (χ4v) is 5.87. The third kappa shape index (κ3) is 2.01. The van der Waals surface area contributed by atoms with Gasteiger partial charge in [-0.15, -0.1) is 0 Å². The molecule has 0 atom stereocenters. The van der Waals surface area contributed by atoms with Gasteiger partial charge in [0.1, 0.15) is 0 Å². The van der Waals surface area contributed by atoms with E-state index in [0.29, 0.717) is 28.9 Å². The number of nitrogens with zero attached hydrogens (tertiary/aromatic N) is 1. The molecule has 0 saturated carbocycles. The highest BCUT2D eigenvalue weighted by Gasteiger charge is 2.31. The first-order chi connectivity index (χ1) is 10.6. The molecular weight excluding hydrogens is 318 g/mol. The van der Waals surface area contributed by atoms with Crippen LogP contribution in [-0.4, -0.2) is 30.9 Å². The van der Waals surface area contributed by atoms with Gasteiger partial charge in [-0.3, -0.25) is 4.79 Å². The Kier molecular flexibility index (Phi) is 3.29. The zero-order valence-electron chi connectivity index (χ0n) is 11.9. The summed E-state index contributed by atoms with van der Waals surface area (Å²) in [7, 11) is -3.50. The molecule has 0 unspecified atom stereocenters. The molecule has 2 heterocycles. The minimum Gasteiger partial charge on any atom is -0.281 e. The number of carbonyl (C=O) groups is 1. The van der Waals surface area contributed by atoms with Crippen molar-refractivity contribution in [1.29, 1.82) is 0 Å². The summed E-state index contributed by atoms with van der Waals surface area (Å²) in [5.41, 5.74) is 0.619. The first-order valence-corrected chi connectivity index (χ1v) is 9.63. The predicted octanol–water partition coefficient (Wildman–Crippen LogP) is 3.26. The van der Waals surface area contributed by atoms with Crippen molar-refractivity contribution in [3.05, 3.63) is 35.9 Å². The van der Waals surface area contributed by atoms with Crippen molar-refractivity contribution in [2.45, 2.75) is 29.1 Å². The number of benzene rings is 2. The summed E-state index contributed by atoms with van der Waals surface area (Å²) in [6.07, 6.45) is 2.91. The van der Waals surface area contributed by atoms with E-state index in [2.05, 4.69) is 0 Å². The number of hydrogen-bond acceptors (Lipinski definition) is 4. The van der Waals surface area contributed by atoms with Gasteiger partial charge < -0.3 is 0 Å². The summed E-state index contributed by atoms with van der Waals surface area (Å²) < 4.78 is 27.5. The second-order valence-electron chi connectivity index (χ2n) is 5.64. The fraction of sp³-hybridized carbons (Fsp3) is 0.312. The van der Waals surface area contributed by atoms with Crippen molar-refractivity contribution in [1.82, 2.24) is 4.31 Å². The molecule has 0 aliphatic carbocycles. The molecule has 0 N–H and O–H groups in total. The number of piperidine rings is 1. The zero-order valence-corrected chi connectivity index (χ0v) is 13.5. The molecule has 22 heavy (non-hydrogen) atoms. The highest BCUT2D eigenvalue weighted by molar-refractivity contribution is 8.14. The van der Waals surface area contributed by atoms with E-state index in [0.717, 1.165) is 29.5 Å². The number of rotatable bonds is 2. The lowest BCUT2D eigenvalue weighted by atomic mass is 10.1. The third-order valence-corrected chi connectivity index (χ3v) is 7.24. The van der Waals surface area contributed by atoms with Crippen LogP contribution in [-0.2, 0) is 10.0 Å². The lowest BCUT2D eigenvalue weighted by Gasteiger charge is -2.26. The SMILES string of the molecule is O=C1Sc2ccc(S(=O)(=O)N3CCCCC3)c3cccc1c23. The highest BCUT2D eigenvalue weighted by atomic mass is 32.2. The Labute approximate surface area is 133 Å². The van der Waals surface area contributed by atoms with E-state index in [4.69, 9.17) is 0 Å². The van der Waals surface area contributed by atoms with Gasteiger partial charge in [0.05, 0.1) is 4.90 Å². The van der Waals surface area contributed by atoms with Crippen LogP contribution in [0.25, 0.3) is 10.8 Å². The van der Waals surface area contributed by atoms with Crippen LogP contribution in [0.1, 0.15) is 29.6 Å². The first kappa shape index (κ1) is 14.2. The van der Waals surface area contributed by atoms with E-state index in [9.17, 15) is 13.2 Å². The Morgan fingerprint density at radius 1 is 1.00 bits per heavy atom. The molecule has 1 fully saturated rings. The second-order valence-corrected chi connectivity index (χ2v) is 8.57. The molecule has 0 bridgehead atoms. The van der Waals surface area contributed by atoms with E-state index in [1.54, 1.807) is 34.6 Å². The van der Waals surface area contributed by atoms with Gasteiger partial charge in [0.25, 0.3) is 0 Å². The summed E-state index contributed by atoms with van der Waals surface area (Å²) in [6, 6.07) is 8.75. The molecule has 0 spiro atoms. The Hall–Kier alpha value is -1.37. The van der Waals surface area contributed by atoms with Gasteiger partial charge in [0.2, 0.25) is 15.1 Å². The van der Waals surface area contributed by atoms with Gasteiger partial charge in [0.15, 0.2) is 0 Å². The molecule has 114 valence electrons. The lowest BCUT2D eigenvalue weighted by molar-refractivity contribution is 0.109. The van der Waals surface area contributed by atoms with Crippen molar-refractivity contribution in [2.24, 2.45) is 0 Å². The van der Waals surface area contributed by atoms with Crippen molar-refractivity contribution in [2.75, 3.05) is 13.1 Å². The van der Waals surface area contributed by atoms with Crippen LogP contribution < -0.4 is 0 Å². The molecule has 0 aromatic heterocycles. The number of hydrogen-bond donors (Lipinski definition) is 0. The fourth-order valence-electron chi connectivity index (χ4n) is 3.23. The molecule has 2 aromatic carbocycles. The normalized spacial score (nSPS) is 19.0. The number of sulfonamides is 1. The number of carbonyl (C=O) groups excluding carboxylic acids is 1. The second kappa shape index (κ2) is 5.08. The molecule has 0 amide bonds.